The molecule has 11 nitrogen and oxygen atoms in total. The summed E-state index contributed by atoms with van der Waals surface area (Å²) in [7, 11) is -1.76. The molecule has 0 radical (unpaired) electrons. The van der Waals surface area contributed by atoms with Gasteiger partial charge in [-0.25, -0.2) is 13.4 Å². The maximum absolute atomic E-state index is 10.7. The minimum absolute atomic E-state index is 0.00926. The van der Waals surface area contributed by atoms with Gasteiger partial charge < -0.3 is 24.4 Å². The van der Waals surface area contributed by atoms with Gasteiger partial charge in [0.1, 0.15) is 11.8 Å². The number of benzene rings is 2. The summed E-state index contributed by atoms with van der Waals surface area (Å²) in [6, 6.07) is 13.2. The van der Waals surface area contributed by atoms with Crippen molar-refractivity contribution in [3.8, 4) is 17.6 Å². The van der Waals surface area contributed by atoms with Crippen LogP contribution in [0.25, 0.3) is 0 Å². The van der Waals surface area contributed by atoms with E-state index in [1.54, 1.807) is 33.1 Å². The zero-order valence-electron chi connectivity index (χ0n) is 34.7. The molecule has 0 aliphatic heterocycles. The molecule has 0 amide bonds. The number of halogens is 1. The predicted molar refractivity (Wildman–Crippen MR) is 228 cm³/mol. The van der Waals surface area contributed by atoms with Gasteiger partial charge in [0.25, 0.3) is 10.0 Å². The third-order valence-electron chi connectivity index (χ3n) is 5.84. The number of carbonyl (C=O) groups is 1. The summed E-state index contributed by atoms with van der Waals surface area (Å²) < 4.78 is 34.5. The fourth-order valence-electron chi connectivity index (χ4n) is 3.36. The summed E-state index contributed by atoms with van der Waals surface area (Å²) in [5, 5.41) is 29.9. The van der Waals surface area contributed by atoms with Crippen LogP contribution < -0.4 is 10.1 Å². The van der Waals surface area contributed by atoms with Gasteiger partial charge in [0, 0.05) is 17.9 Å². The standard InChI is InChI=1S/C18H18ClNO2.C6H11N3O2S.C6H12O2.C3H8.C2H6OS.2C2H6/c1-4-22-15-7-5-13(6-8-15)18(2,3)14-9-12(11-20)17(21)16(19)10-14;1-4-7-6(8-5-2)9-12(3,10)11;1-3-4-5(2)6(7)8;1-3-2;1-3-4-2;2*1-2/h5-10,21H,4H2,1-3H3;4-5H,1H2,2-3H3,(H,7,9);5H,3-4H2,1-2H3,(H,7,8);3H2,1-2H3;1-2H3;2*1-2H3/b;8-5-;;;;;. The molecular formula is C39H67ClN4O7S2. The molecule has 0 fully saturated rings. The second kappa shape index (κ2) is 36.8. The number of nitriles is 1. The van der Waals surface area contributed by atoms with Crippen LogP contribution in [0.15, 0.2) is 58.6 Å². The number of hydrogen-bond donors (Lipinski definition) is 3. The Balaban J connectivity index is -0.000000209. The van der Waals surface area contributed by atoms with Crippen molar-refractivity contribution < 1.29 is 32.3 Å². The first-order valence-corrected chi connectivity index (χ1v) is 20.9. The highest BCUT2D eigenvalue weighted by Crippen LogP contribution is 2.37. The van der Waals surface area contributed by atoms with Crippen LogP contribution in [0, 0.1) is 17.2 Å². The second-order valence-corrected chi connectivity index (χ2v) is 13.2. The Hall–Kier alpha value is -3.57. The molecule has 1 atom stereocenters. The van der Waals surface area contributed by atoms with E-state index in [0.29, 0.717) is 6.61 Å². The van der Waals surface area contributed by atoms with Gasteiger partial charge in [-0.15, -0.1) is 4.40 Å². The lowest BCUT2D eigenvalue weighted by atomic mass is 9.77. The first kappa shape index (κ1) is 58.7. The minimum Gasteiger partial charge on any atom is -0.505 e. The molecule has 2 rings (SSSR count). The van der Waals surface area contributed by atoms with E-state index >= 15 is 0 Å². The average molecular weight is 804 g/mol. The number of phenols is 1. The van der Waals surface area contributed by atoms with Gasteiger partial charge in [0.15, 0.2) is 5.75 Å². The quantitative estimate of drug-likeness (QED) is 0.119. The average Bonchev–Trinajstić information content (AvgIpc) is 3.12. The molecule has 0 bridgehead atoms. The fourth-order valence-corrected chi connectivity index (χ4v) is 3.99. The molecule has 0 aromatic heterocycles. The first-order chi connectivity index (χ1) is 24.9. The molecule has 0 aliphatic carbocycles. The molecule has 0 heterocycles. The largest absolute Gasteiger partial charge is 0.505 e. The van der Waals surface area contributed by atoms with Crippen LogP contribution in [0.4, 0.5) is 0 Å². The van der Waals surface area contributed by atoms with Crippen LogP contribution >= 0.6 is 23.6 Å². The normalized spacial score (nSPS) is 10.7. The molecule has 0 spiro atoms. The summed E-state index contributed by atoms with van der Waals surface area (Å²) in [4.78, 5) is 13.8. The number of sulfonamides is 1. The number of ether oxygens (including phenoxy) is 1. The van der Waals surface area contributed by atoms with Gasteiger partial charge in [0.05, 0.1) is 36.5 Å². The summed E-state index contributed by atoms with van der Waals surface area (Å²) in [5.41, 5.74) is 1.77. The molecular weight excluding hydrogens is 736 g/mol. The van der Waals surface area contributed by atoms with E-state index in [4.69, 9.17) is 26.7 Å². The van der Waals surface area contributed by atoms with Crippen molar-refractivity contribution in [2.45, 2.75) is 108 Å². The van der Waals surface area contributed by atoms with Crippen LogP contribution in [-0.4, -0.2) is 63.0 Å². The molecule has 3 N–H and O–H groups in total. The number of nitrogens with zero attached hydrogens (tertiary/aromatic N) is 3. The maximum Gasteiger partial charge on any atom is 0.306 e. The highest BCUT2D eigenvalue weighted by Gasteiger charge is 2.25. The zero-order chi connectivity index (χ0) is 42.6. The zero-order valence-corrected chi connectivity index (χ0v) is 37.1. The lowest BCUT2D eigenvalue weighted by molar-refractivity contribution is -0.141. The topological polar surface area (TPSA) is 171 Å². The first-order valence-electron chi connectivity index (χ1n) is 17.5. The Morgan fingerprint density at radius 3 is 1.92 bits per heavy atom. The number of phenolic OH excluding ortho intramolecular Hbond substituents is 1. The summed E-state index contributed by atoms with van der Waals surface area (Å²) in [6.07, 6.45) is 8.59. The van der Waals surface area contributed by atoms with Gasteiger partial charge in [-0.2, -0.15) is 5.26 Å². The van der Waals surface area contributed by atoms with E-state index in [1.807, 2.05) is 92.0 Å². The van der Waals surface area contributed by atoms with Crippen LogP contribution in [0.5, 0.6) is 11.5 Å². The van der Waals surface area contributed by atoms with Crippen molar-refractivity contribution in [2.75, 3.05) is 26.2 Å². The van der Waals surface area contributed by atoms with Crippen molar-refractivity contribution in [3.63, 3.8) is 0 Å². The maximum atomic E-state index is 10.7. The Bertz CT molecular complexity index is 1440. The summed E-state index contributed by atoms with van der Waals surface area (Å²) in [5.74, 6) is -0.194. The van der Waals surface area contributed by atoms with Crippen molar-refractivity contribution in [3.05, 3.63) is 70.9 Å². The van der Waals surface area contributed by atoms with E-state index in [9.17, 15) is 18.3 Å². The summed E-state index contributed by atoms with van der Waals surface area (Å²) in [6.45, 7) is 27.6. The number of hydrogen-bond acceptors (Lipinski definition) is 8. The summed E-state index contributed by atoms with van der Waals surface area (Å²) >= 11 is 7.39. The van der Waals surface area contributed by atoms with Gasteiger partial charge in [-0.05, 0) is 73.9 Å². The van der Waals surface area contributed by atoms with Gasteiger partial charge in [-0.1, -0.05) is 112 Å². The Labute approximate surface area is 331 Å². The van der Waals surface area contributed by atoms with Crippen molar-refractivity contribution in [1.82, 2.24) is 5.32 Å². The Morgan fingerprint density at radius 2 is 1.60 bits per heavy atom. The number of carboxylic acid groups (broad SMARTS) is 1. The minimum atomic E-state index is -3.40. The van der Waals surface area contributed by atoms with E-state index in [2.05, 4.69) is 39.3 Å². The predicted octanol–water partition coefficient (Wildman–Crippen LogP) is 10.7. The molecule has 0 saturated heterocycles. The molecule has 14 heteroatoms. The third-order valence-corrected chi connectivity index (χ3v) is 6.96. The van der Waals surface area contributed by atoms with E-state index < -0.39 is 16.0 Å². The molecule has 1 unspecified atom stereocenters. The van der Waals surface area contributed by atoms with Crippen LogP contribution in [-0.2, 0) is 24.4 Å². The van der Waals surface area contributed by atoms with E-state index in [1.165, 1.54) is 30.9 Å². The van der Waals surface area contributed by atoms with E-state index in [0.717, 1.165) is 36.0 Å². The lowest BCUT2D eigenvalue weighted by Crippen LogP contribution is -2.19. The number of aliphatic imine (C=N–C) groups is 1. The number of aliphatic carboxylic acids is 1. The molecule has 304 valence electrons. The van der Waals surface area contributed by atoms with Gasteiger partial charge in [0.2, 0.25) is 5.96 Å². The number of rotatable bonds is 10. The van der Waals surface area contributed by atoms with E-state index in [-0.39, 0.29) is 33.6 Å². The van der Waals surface area contributed by atoms with Crippen molar-refractivity contribution in [2.24, 2.45) is 15.3 Å². The smallest absolute Gasteiger partial charge is 0.306 e. The lowest BCUT2D eigenvalue weighted by Gasteiger charge is -2.27. The SMILES string of the molecule is C=CNC(/N=C\C)=N\S(C)(=O)=O.CC.CC.CCC.CCCC(C)C(=O)O.CCOc1ccc(C(C)(C)c2cc(Cl)c(O)c(C#N)c2)cc1.COSC. The molecule has 53 heavy (non-hydrogen) atoms. The molecule has 2 aromatic carbocycles. The van der Waals surface area contributed by atoms with Crippen LogP contribution in [0.1, 0.15) is 119 Å². The van der Waals surface area contributed by atoms with Crippen molar-refractivity contribution >= 4 is 51.8 Å². The monoisotopic (exact) mass is 802 g/mol. The molecule has 2 aromatic rings. The number of carboxylic acids is 1. The number of aromatic hydroxyl groups is 1. The third kappa shape index (κ3) is 30.6. The molecule has 0 saturated carbocycles. The van der Waals surface area contributed by atoms with Crippen LogP contribution in [0.2, 0.25) is 5.02 Å². The van der Waals surface area contributed by atoms with Crippen LogP contribution in [0.3, 0.4) is 0 Å². The Kier molecular flexibility index (Phi) is 40.8. The molecule has 0 aliphatic rings. The number of guanidine groups is 1. The Morgan fingerprint density at radius 1 is 1.11 bits per heavy atom. The van der Waals surface area contributed by atoms with Gasteiger partial charge in [-0.3, -0.25) is 4.79 Å². The van der Waals surface area contributed by atoms with Gasteiger partial charge >= 0.3 is 5.97 Å². The second-order valence-electron chi connectivity index (χ2n) is 10.5. The number of nitrogens with one attached hydrogen (secondary N) is 1. The van der Waals surface area contributed by atoms with Crippen molar-refractivity contribution in [1.29, 1.82) is 5.26 Å². The highest BCUT2D eigenvalue weighted by atomic mass is 35.5. The highest BCUT2D eigenvalue weighted by molar-refractivity contribution is 7.93. The fraction of sp³-hybridized carbons (Fsp3) is 0.538.